The molecule has 0 spiro atoms. The van der Waals surface area contributed by atoms with Crippen LogP contribution in [0.4, 0.5) is 5.69 Å². The van der Waals surface area contributed by atoms with Crippen LogP contribution >= 0.6 is 0 Å². The van der Waals surface area contributed by atoms with Crippen molar-refractivity contribution >= 4 is 29.3 Å². The molecule has 0 saturated heterocycles. The molecule has 57 heavy (non-hydrogen) atoms. The third kappa shape index (κ3) is 7.02. The Kier molecular flexibility index (Phi) is 10.2. The van der Waals surface area contributed by atoms with Crippen molar-refractivity contribution in [2.45, 2.75) is 97.4 Å². The first kappa shape index (κ1) is 39.2. The molecule has 0 aliphatic carbocycles. The summed E-state index contributed by atoms with van der Waals surface area (Å²) >= 11 is 0. The lowest BCUT2D eigenvalue weighted by atomic mass is 9.76. The smallest absolute Gasteiger partial charge is 0.266 e. The second-order valence-electron chi connectivity index (χ2n) is 16.6. The van der Waals surface area contributed by atoms with Gasteiger partial charge in [0.25, 0.3) is 23.6 Å². The zero-order valence-corrected chi connectivity index (χ0v) is 34.1. The monoisotopic (exact) mass is 762 g/mol. The van der Waals surface area contributed by atoms with Crippen LogP contribution in [0, 0.1) is 0 Å². The summed E-state index contributed by atoms with van der Waals surface area (Å²) < 4.78 is 12.3. The predicted octanol–water partition coefficient (Wildman–Crippen LogP) is 11.7. The Bertz CT molecular complexity index is 2390. The van der Waals surface area contributed by atoms with Crippen LogP contribution in [0.2, 0.25) is 0 Å². The van der Waals surface area contributed by atoms with Gasteiger partial charge in [0.1, 0.15) is 23.0 Å². The summed E-state index contributed by atoms with van der Waals surface area (Å²) in [5.74, 6) is 0.895. The lowest BCUT2D eigenvalue weighted by Gasteiger charge is -2.32. The van der Waals surface area contributed by atoms with Crippen molar-refractivity contribution in [1.29, 1.82) is 0 Å². The fourth-order valence-corrected chi connectivity index (χ4v) is 7.92. The maximum absolute atomic E-state index is 13.7. The van der Waals surface area contributed by atoms with Gasteiger partial charge in [-0.1, -0.05) is 84.4 Å². The summed E-state index contributed by atoms with van der Waals surface area (Å²) in [6.45, 7) is 16.6. The Morgan fingerprint density at radius 3 is 1.47 bits per heavy atom. The summed E-state index contributed by atoms with van der Waals surface area (Å²) in [6.07, 6.45) is 3.67. The van der Waals surface area contributed by atoms with Crippen LogP contribution in [-0.4, -0.2) is 34.1 Å². The van der Waals surface area contributed by atoms with E-state index in [1.54, 1.807) is 36.4 Å². The number of benzene rings is 5. The van der Waals surface area contributed by atoms with Crippen LogP contribution in [0.15, 0.2) is 109 Å². The minimum Gasteiger partial charge on any atom is -0.457 e. The highest BCUT2D eigenvalue weighted by atomic mass is 16.5. The molecule has 0 N–H and O–H groups in total. The molecule has 7 rings (SSSR count). The molecule has 0 bridgehead atoms. The first-order valence-corrected chi connectivity index (χ1v) is 19.8. The summed E-state index contributed by atoms with van der Waals surface area (Å²) in [7, 11) is 0. The Balaban J connectivity index is 1.02. The van der Waals surface area contributed by atoms with Crippen LogP contribution in [0.5, 0.6) is 23.0 Å². The van der Waals surface area contributed by atoms with E-state index in [2.05, 4.69) is 40.7 Å². The number of anilines is 1. The number of imide groups is 2. The zero-order chi connectivity index (χ0) is 40.9. The van der Waals surface area contributed by atoms with E-state index < -0.39 is 5.54 Å². The van der Waals surface area contributed by atoms with Gasteiger partial charge in [0.2, 0.25) is 0 Å². The number of carbonyl (C=O) groups excluding carboxylic acids is 4. The minimum atomic E-state index is -0.584. The van der Waals surface area contributed by atoms with E-state index in [1.165, 1.54) is 9.80 Å². The first-order valence-electron chi connectivity index (χ1n) is 19.8. The molecule has 4 amide bonds. The van der Waals surface area contributed by atoms with E-state index >= 15 is 0 Å². The molecule has 2 aliphatic rings. The second-order valence-corrected chi connectivity index (χ2v) is 16.6. The van der Waals surface area contributed by atoms with Crippen LogP contribution in [-0.2, 0) is 10.8 Å². The van der Waals surface area contributed by atoms with Crippen LogP contribution in [0.1, 0.15) is 139 Å². The molecule has 292 valence electrons. The van der Waals surface area contributed by atoms with Crippen LogP contribution < -0.4 is 14.4 Å². The van der Waals surface area contributed by atoms with Crippen LogP contribution in [0.3, 0.4) is 0 Å². The molecule has 0 saturated carbocycles. The van der Waals surface area contributed by atoms with Gasteiger partial charge in [-0.15, -0.1) is 0 Å². The molecular weight excluding hydrogens is 713 g/mol. The zero-order valence-electron chi connectivity index (χ0n) is 34.1. The summed E-state index contributed by atoms with van der Waals surface area (Å²) in [5.41, 5.74) is 4.28. The SMILES string of the molecule is CCCC(C)(CC)c1cccc(N2C(=O)c3ccc(Oc4ccc(C(C)(C)c5ccc(Oc6ccc7c(c6)C(=O)N(C(C)(C)CC)C7=O)cc5)cc4)cc3C2=O)c1. The number of hydrogen-bond acceptors (Lipinski definition) is 6. The molecule has 8 nitrogen and oxygen atoms in total. The maximum Gasteiger partial charge on any atom is 0.266 e. The minimum absolute atomic E-state index is 0.0390. The highest BCUT2D eigenvalue weighted by molar-refractivity contribution is 6.34. The van der Waals surface area contributed by atoms with Gasteiger partial charge in [0, 0.05) is 11.0 Å². The largest absolute Gasteiger partial charge is 0.457 e. The van der Waals surface area contributed by atoms with Gasteiger partial charge in [0.05, 0.1) is 27.9 Å². The van der Waals surface area contributed by atoms with Crippen molar-refractivity contribution < 1.29 is 28.7 Å². The normalized spacial score (nSPS) is 15.2. The van der Waals surface area contributed by atoms with E-state index in [9.17, 15) is 19.2 Å². The first-order chi connectivity index (χ1) is 27.1. The molecule has 1 unspecified atom stereocenters. The summed E-state index contributed by atoms with van der Waals surface area (Å²) in [4.78, 5) is 56.1. The standard InChI is InChI=1S/C49H50N2O6/c1-9-27-49(8,11-3)33-13-12-14-34(28-33)50-43(52)39-25-23-37(29-41(39)44(50)53)56-35-19-15-31(16-20-35)48(6,7)32-17-21-36(22-18-32)57-38-24-26-40-42(30-38)46(55)51(45(40)54)47(4,5)10-2/h12-26,28-30H,9-11,27H2,1-8H3. The maximum atomic E-state index is 13.7. The third-order valence-electron chi connectivity index (χ3n) is 12.2. The molecular formula is C49H50N2O6. The Labute approximate surface area is 335 Å². The molecule has 0 radical (unpaired) electrons. The van der Waals surface area contributed by atoms with Gasteiger partial charge < -0.3 is 9.47 Å². The number of rotatable bonds is 13. The summed E-state index contributed by atoms with van der Waals surface area (Å²) in [6, 6.07) is 33.5. The molecule has 2 aliphatic heterocycles. The average Bonchev–Trinajstić information content (AvgIpc) is 3.61. The lowest BCUT2D eigenvalue weighted by Crippen LogP contribution is -2.47. The van der Waals surface area contributed by atoms with E-state index in [1.807, 2.05) is 87.5 Å². The Hall–Kier alpha value is -6.02. The van der Waals surface area contributed by atoms with E-state index in [4.69, 9.17) is 9.47 Å². The highest BCUT2D eigenvalue weighted by Gasteiger charge is 2.43. The van der Waals surface area contributed by atoms with Crippen LogP contribution in [0.25, 0.3) is 0 Å². The summed E-state index contributed by atoms with van der Waals surface area (Å²) in [5, 5.41) is 0. The third-order valence-corrected chi connectivity index (χ3v) is 12.2. The number of hydrogen-bond donors (Lipinski definition) is 0. The average molecular weight is 763 g/mol. The van der Waals surface area contributed by atoms with Crippen molar-refractivity contribution in [3.63, 3.8) is 0 Å². The Morgan fingerprint density at radius 2 is 0.965 bits per heavy atom. The molecule has 5 aromatic carbocycles. The molecule has 5 aromatic rings. The quantitative estimate of drug-likeness (QED) is 0.111. The fraction of sp³-hybridized carbons (Fsp3) is 0.306. The molecule has 8 heteroatoms. The van der Waals surface area contributed by atoms with E-state index in [0.717, 1.165) is 36.0 Å². The van der Waals surface area contributed by atoms with Gasteiger partial charge in [-0.3, -0.25) is 24.1 Å². The number of fused-ring (bicyclic) bond motifs is 2. The van der Waals surface area contributed by atoms with Gasteiger partial charge in [0.15, 0.2) is 0 Å². The predicted molar refractivity (Wildman–Crippen MR) is 223 cm³/mol. The van der Waals surface area contributed by atoms with Crippen molar-refractivity contribution in [2.75, 3.05) is 4.90 Å². The topological polar surface area (TPSA) is 93.2 Å². The van der Waals surface area contributed by atoms with Crippen molar-refractivity contribution in [3.05, 3.63) is 148 Å². The Morgan fingerprint density at radius 1 is 0.491 bits per heavy atom. The fourth-order valence-electron chi connectivity index (χ4n) is 7.92. The van der Waals surface area contributed by atoms with E-state index in [-0.39, 0.29) is 34.5 Å². The van der Waals surface area contributed by atoms with Crippen molar-refractivity contribution in [2.24, 2.45) is 0 Å². The molecule has 2 heterocycles. The van der Waals surface area contributed by atoms with Gasteiger partial charge >= 0.3 is 0 Å². The molecule has 1 atom stereocenters. The van der Waals surface area contributed by atoms with E-state index in [0.29, 0.717) is 57.4 Å². The number of ether oxygens (including phenoxy) is 2. The van der Waals surface area contributed by atoms with Gasteiger partial charge in [-0.2, -0.15) is 0 Å². The second kappa shape index (κ2) is 14.8. The van der Waals surface area contributed by atoms with Crippen molar-refractivity contribution in [1.82, 2.24) is 4.90 Å². The molecule has 0 aromatic heterocycles. The number of nitrogens with zero attached hydrogens (tertiary/aromatic N) is 2. The van der Waals surface area contributed by atoms with Gasteiger partial charge in [-0.05, 0) is 128 Å². The number of carbonyl (C=O) groups is 4. The van der Waals surface area contributed by atoms with Gasteiger partial charge in [-0.25, -0.2) is 4.90 Å². The molecule has 0 fully saturated rings. The number of amides is 4. The highest BCUT2D eigenvalue weighted by Crippen LogP contribution is 2.39. The lowest BCUT2D eigenvalue weighted by molar-refractivity contribution is 0.0474. The van der Waals surface area contributed by atoms with Crippen molar-refractivity contribution in [3.8, 4) is 23.0 Å².